The van der Waals surface area contributed by atoms with Crippen molar-refractivity contribution in [3.8, 4) is 0 Å². The first kappa shape index (κ1) is 12.4. The van der Waals surface area contributed by atoms with Crippen LogP contribution >= 0.6 is 0 Å². The molecule has 1 aliphatic heterocycles. The van der Waals surface area contributed by atoms with Crippen LogP contribution in [0.3, 0.4) is 0 Å². The smallest absolute Gasteiger partial charge is 0.136 e. The number of rotatable bonds is 2. The van der Waals surface area contributed by atoms with Gasteiger partial charge in [0.05, 0.1) is 0 Å². The Morgan fingerprint density at radius 1 is 1.21 bits per heavy atom. The van der Waals surface area contributed by atoms with Gasteiger partial charge in [-0.15, -0.1) is 0 Å². The van der Waals surface area contributed by atoms with Crippen molar-refractivity contribution in [2.24, 2.45) is 11.7 Å². The largest absolute Gasteiger partial charge is 0.356 e. The Labute approximate surface area is 114 Å². The van der Waals surface area contributed by atoms with Crippen LogP contribution in [0, 0.1) is 5.92 Å². The molecule has 19 heavy (non-hydrogen) atoms. The SMILES string of the molecule is CC(N)C1CCN(c2nccc3ccccc23)CC1. The fourth-order valence-corrected chi connectivity index (χ4v) is 2.99. The maximum Gasteiger partial charge on any atom is 0.136 e. The highest BCUT2D eigenvalue weighted by Gasteiger charge is 2.23. The van der Waals surface area contributed by atoms with E-state index in [1.807, 2.05) is 6.20 Å². The molecule has 2 N–H and O–H groups in total. The topological polar surface area (TPSA) is 42.1 Å². The minimum Gasteiger partial charge on any atom is -0.356 e. The minimum absolute atomic E-state index is 0.308. The number of fused-ring (bicyclic) bond motifs is 1. The lowest BCUT2D eigenvalue weighted by atomic mass is 9.91. The van der Waals surface area contributed by atoms with Crippen LogP contribution in [0.2, 0.25) is 0 Å². The van der Waals surface area contributed by atoms with Crippen molar-refractivity contribution in [2.45, 2.75) is 25.8 Å². The Balaban J connectivity index is 1.86. The van der Waals surface area contributed by atoms with Crippen molar-refractivity contribution in [1.29, 1.82) is 0 Å². The van der Waals surface area contributed by atoms with Crippen LogP contribution in [0.15, 0.2) is 36.5 Å². The predicted octanol–water partition coefficient (Wildman–Crippen LogP) is 2.80. The van der Waals surface area contributed by atoms with Gasteiger partial charge in [0.1, 0.15) is 5.82 Å². The number of aromatic nitrogens is 1. The van der Waals surface area contributed by atoms with Crippen LogP contribution < -0.4 is 10.6 Å². The molecule has 2 aromatic rings. The van der Waals surface area contributed by atoms with E-state index in [1.54, 1.807) is 0 Å². The van der Waals surface area contributed by atoms with Crippen LogP contribution in [0.1, 0.15) is 19.8 Å². The average Bonchev–Trinajstić information content (AvgIpc) is 2.47. The second-order valence-electron chi connectivity index (χ2n) is 5.54. The molecule has 0 radical (unpaired) electrons. The maximum atomic E-state index is 6.01. The first-order valence-electron chi connectivity index (χ1n) is 7.10. The van der Waals surface area contributed by atoms with Crippen molar-refractivity contribution < 1.29 is 0 Å². The Hall–Kier alpha value is -1.61. The third-order valence-electron chi connectivity index (χ3n) is 4.24. The van der Waals surface area contributed by atoms with E-state index >= 15 is 0 Å². The second kappa shape index (κ2) is 5.17. The number of anilines is 1. The highest BCUT2D eigenvalue weighted by molar-refractivity contribution is 5.92. The second-order valence-corrected chi connectivity index (χ2v) is 5.54. The van der Waals surface area contributed by atoms with E-state index in [0.29, 0.717) is 12.0 Å². The van der Waals surface area contributed by atoms with Crippen LogP contribution in [0.25, 0.3) is 10.8 Å². The molecule has 3 heteroatoms. The van der Waals surface area contributed by atoms with E-state index in [9.17, 15) is 0 Å². The molecule has 1 saturated heterocycles. The van der Waals surface area contributed by atoms with Gasteiger partial charge in [-0.3, -0.25) is 0 Å². The molecule has 100 valence electrons. The molecule has 1 unspecified atom stereocenters. The summed E-state index contributed by atoms with van der Waals surface area (Å²) in [6, 6.07) is 10.9. The molecular formula is C16H21N3. The van der Waals surface area contributed by atoms with Gasteiger partial charge < -0.3 is 10.6 Å². The first-order chi connectivity index (χ1) is 9.25. The van der Waals surface area contributed by atoms with Gasteiger partial charge >= 0.3 is 0 Å². The normalized spacial score (nSPS) is 18.7. The summed E-state index contributed by atoms with van der Waals surface area (Å²) in [4.78, 5) is 7.00. The number of hydrogen-bond acceptors (Lipinski definition) is 3. The van der Waals surface area contributed by atoms with Crippen LogP contribution in [0.4, 0.5) is 5.82 Å². The highest BCUT2D eigenvalue weighted by Crippen LogP contribution is 2.28. The number of nitrogens with zero attached hydrogens (tertiary/aromatic N) is 2. The van der Waals surface area contributed by atoms with Crippen molar-refractivity contribution in [3.63, 3.8) is 0 Å². The number of piperidine rings is 1. The van der Waals surface area contributed by atoms with Gasteiger partial charge in [0.15, 0.2) is 0 Å². The first-order valence-corrected chi connectivity index (χ1v) is 7.10. The van der Waals surface area contributed by atoms with Crippen molar-refractivity contribution in [1.82, 2.24) is 4.98 Å². The zero-order chi connectivity index (χ0) is 13.2. The molecule has 0 spiro atoms. The van der Waals surface area contributed by atoms with Crippen molar-refractivity contribution in [3.05, 3.63) is 36.5 Å². The minimum atomic E-state index is 0.308. The fourth-order valence-electron chi connectivity index (χ4n) is 2.99. The lowest BCUT2D eigenvalue weighted by Gasteiger charge is -2.34. The van der Waals surface area contributed by atoms with Gasteiger partial charge in [0.2, 0.25) is 0 Å². The summed E-state index contributed by atoms with van der Waals surface area (Å²) in [5.74, 6) is 1.78. The van der Waals surface area contributed by atoms with Gasteiger partial charge in [-0.25, -0.2) is 4.98 Å². The Morgan fingerprint density at radius 3 is 2.68 bits per heavy atom. The standard InChI is InChI=1S/C16H21N3/c1-12(17)13-7-10-19(11-8-13)16-15-5-3-2-4-14(15)6-9-18-16/h2-6,9,12-13H,7-8,10-11,17H2,1H3. The zero-order valence-electron chi connectivity index (χ0n) is 11.4. The molecule has 1 aromatic carbocycles. The highest BCUT2D eigenvalue weighted by atomic mass is 15.2. The van der Waals surface area contributed by atoms with Gasteiger partial charge in [-0.1, -0.05) is 24.3 Å². The van der Waals surface area contributed by atoms with E-state index in [2.05, 4.69) is 47.1 Å². The summed E-state index contributed by atoms with van der Waals surface area (Å²) >= 11 is 0. The quantitative estimate of drug-likeness (QED) is 0.897. The molecule has 0 saturated carbocycles. The van der Waals surface area contributed by atoms with Crippen LogP contribution in [-0.4, -0.2) is 24.1 Å². The number of nitrogens with two attached hydrogens (primary N) is 1. The molecule has 0 amide bonds. The number of pyridine rings is 1. The lowest BCUT2D eigenvalue weighted by Crippen LogP contribution is -2.40. The van der Waals surface area contributed by atoms with E-state index in [1.165, 1.54) is 23.6 Å². The number of hydrogen-bond donors (Lipinski definition) is 1. The monoisotopic (exact) mass is 255 g/mol. The predicted molar refractivity (Wildman–Crippen MR) is 80.3 cm³/mol. The third kappa shape index (κ3) is 2.43. The molecular weight excluding hydrogens is 234 g/mol. The van der Waals surface area contributed by atoms with Crippen molar-refractivity contribution in [2.75, 3.05) is 18.0 Å². The lowest BCUT2D eigenvalue weighted by molar-refractivity contribution is 0.354. The molecule has 1 aliphatic rings. The summed E-state index contributed by atoms with van der Waals surface area (Å²) in [7, 11) is 0. The summed E-state index contributed by atoms with van der Waals surface area (Å²) in [5.41, 5.74) is 6.01. The maximum absolute atomic E-state index is 6.01. The summed E-state index contributed by atoms with van der Waals surface area (Å²) < 4.78 is 0. The molecule has 3 nitrogen and oxygen atoms in total. The molecule has 1 fully saturated rings. The van der Waals surface area contributed by atoms with Crippen LogP contribution in [0.5, 0.6) is 0 Å². The Bertz CT molecular complexity index is 551. The zero-order valence-corrected chi connectivity index (χ0v) is 11.4. The van der Waals surface area contributed by atoms with E-state index in [-0.39, 0.29) is 0 Å². The van der Waals surface area contributed by atoms with E-state index in [4.69, 9.17) is 5.73 Å². The molecule has 0 bridgehead atoms. The number of benzene rings is 1. The summed E-state index contributed by atoms with van der Waals surface area (Å²) in [6.07, 6.45) is 4.25. The molecule has 1 atom stereocenters. The summed E-state index contributed by atoms with van der Waals surface area (Å²) in [6.45, 7) is 4.25. The molecule has 3 rings (SSSR count). The van der Waals surface area contributed by atoms with Gasteiger partial charge in [-0.2, -0.15) is 0 Å². The van der Waals surface area contributed by atoms with Crippen molar-refractivity contribution >= 4 is 16.6 Å². The summed E-state index contributed by atoms with van der Waals surface area (Å²) in [5, 5.41) is 2.52. The van der Waals surface area contributed by atoms with Gasteiger partial charge in [-0.05, 0) is 37.1 Å². The fraction of sp³-hybridized carbons (Fsp3) is 0.438. The van der Waals surface area contributed by atoms with E-state index in [0.717, 1.165) is 18.9 Å². The average molecular weight is 255 g/mol. The molecule has 1 aromatic heterocycles. The third-order valence-corrected chi connectivity index (χ3v) is 4.24. The van der Waals surface area contributed by atoms with Gasteiger partial charge in [0.25, 0.3) is 0 Å². The van der Waals surface area contributed by atoms with Gasteiger partial charge in [0, 0.05) is 30.7 Å². The molecule has 0 aliphatic carbocycles. The van der Waals surface area contributed by atoms with Crippen LogP contribution in [-0.2, 0) is 0 Å². The molecule has 2 heterocycles. The Morgan fingerprint density at radius 2 is 1.95 bits per heavy atom. The van der Waals surface area contributed by atoms with E-state index < -0.39 is 0 Å². The Kier molecular flexibility index (Phi) is 3.38.